The summed E-state index contributed by atoms with van der Waals surface area (Å²) in [5.41, 5.74) is 0.418. The van der Waals surface area contributed by atoms with E-state index in [0.29, 0.717) is 0 Å². The molecule has 7 heterocycles. The van der Waals surface area contributed by atoms with Gasteiger partial charge < -0.3 is 37.3 Å². The van der Waals surface area contributed by atoms with Crippen LogP contribution in [0, 0.1) is 0 Å². The highest BCUT2D eigenvalue weighted by molar-refractivity contribution is 7.48. The summed E-state index contributed by atoms with van der Waals surface area (Å²) in [6.45, 7) is 40.1. The first kappa shape index (κ1) is 65.7. The quantitative estimate of drug-likeness (QED) is 0.0374. The molecular formula is C52H76N10O18P2Si2. The third-order valence-electron chi connectivity index (χ3n) is 14.1. The van der Waals surface area contributed by atoms with Gasteiger partial charge in [-0.1, -0.05) is 104 Å². The molecule has 2 amide bonds. The van der Waals surface area contributed by atoms with Crippen LogP contribution in [0.25, 0.3) is 22.3 Å². The number of aromatic nitrogens is 8. The fourth-order valence-electron chi connectivity index (χ4n) is 8.05. The third-order valence-corrected chi connectivity index (χ3v) is 25.9. The number of ether oxygens (including phenoxy) is 6. The van der Waals surface area contributed by atoms with Crippen LogP contribution in [0.1, 0.15) is 54.0 Å². The zero-order chi connectivity index (χ0) is 61.4. The number of hydrogen-bond acceptors (Lipinski definition) is 24. The number of phosphoric ester groups is 2. The average Bonchev–Trinajstić information content (AvgIpc) is 1.87. The molecule has 0 spiro atoms. The maximum atomic E-state index is 15.7. The van der Waals surface area contributed by atoms with Crippen molar-refractivity contribution in [2.45, 2.75) is 127 Å². The normalized spacial score (nSPS) is 25.9. The van der Waals surface area contributed by atoms with E-state index in [0.717, 1.165) is 0 Å². The molecule has 10 atom stereocenters. The van der Waals surface area contributed by atoms with Gasteiger partial charge in [-0.05, 0) is 36.3 Å². The first-order valence-corrected chi connectivity index (χ1v) is 35.5. The molecule has 28 nitrogen and oxygen atoms in total. The van der Waals surface area contributed by atoms with Crippen LogP contribution < -0.4 is 20.1 Å². The predicted molar refractivity (Wildman–Crippen MR) is 313 cm³/mol. The molecule has 0 aliphatic carbocycles. The minimum atomic E-state index is -4.88. The van der Waals surface area contributed by atoms with Gasteiger partial charge in [0.25, 0.3) is 0 Å². The highest BCUT2D eigenvalue weighted by Gasteiger charge is 2.59. The summed E-state index contributed by atoms with van der Waals surface area (Å²) in [5, 5.41) is 4.10. The van der Waals surface area contributed by atoms with E-state index in [-0.39, 0.29) is 85.6 Å². The van der Waals surface area contributed by atoms with E-state index in [1.54, 1.807) is 0 Å². The summed E-state index contributed by atoms with van der Waals surface area (Å²) < 4.78 is 123. The Hall–Kier alpha value is -5.83. The topological polar surface area (TPSA) is 309 Å². The monoisotopic (exact) mass is 1250 g/mol. The van der Waals surface area contributed by atoms with Crippen molar-refractivity contribution in [3.63, 3.8) is 0 Å². The van der Waals surface area contributed by atoms with Crippen molar-refractivity contribution in [1.29, 1.82) is 0 Å². The zero-order valence-electron chi connectivity index (χ0n) is 49.0. The molecule has 0 radical (unpaired) electrons. The van der Waals surface area contributed by atoms with E-state index < -0.39 is 117 Å². The van der Waals surface area contributed by atoms with Gasteiger partial charge in [0.1, 0.15) is 63.1 Å². The Morgan fingerprint density at radius 2 is 0.952 bits per heavy atom. The van der Waals surface area contributed by atoms with Crippen molar-refractivity contribution in [1.82, 2.24) is 39.0 Å². The third kappa shape index (κ3) is 15.2. The van der Waals surface area contributed by atoms with Crippen LogP contribution >= 0.6 is 15.6 Å². The number of fused-ring (bicyclic) bond motifs is 4. The fourth-order valence-corrected chi connectivity index (χ4v) is 13.4. The molecule has 3 aliphatic heterocycles. The lowest BCUT2D eigenvalue weighted by molar-refractivity contribution is -0.0696. The Kier molecular flexibility index (Phi) is 21.3. The molecule has 4 aromatic rings. The average molecular weight is 1250 g/mol. The molecular weight excluding hydrogens is 1170 g/mol. The summed E-state index contributed by atoms with van der Waals surface area (Å²) >= 11 is 0. The van der Waals surface area contributed by atoms with E-state index >= 15 is 9.13 Å². The van der Waals surface area contributed by atoms with Crippen molar-refractivity contribution >= 4 is 78.7 Å². The number of phosphoric acid groups is 2. The molecule has 3 saturated heterocycles. The molecule has 3 aliphatic rings. The van der Waals surface area contributed by atoms with E-state index in [1.165, 1.54) is 58.2 Å². The van der Waals surface area contributed by atoms with E-state index in [1.807, 2.05) is 67.7 Å². The smallest absolute Gasteiger partial charge is 0.472 e. The summed E-state index contributed by atoms with van der Waals surface area (Å²) in [7, 11) is -15.6. The number of amides is 2. The lowest BCUT2D eigenvalue weighted by atomic mass is 10.1. The number of nitrogens with one attached hydrogen (secondary N) is 2. The SMILES string of the molecule is C=CCOC(=O)Nc1nc(OCC=C)c2ncn([C@@H]3O[C@@H]4COP(=O)(OCC=C)O[C@H]5[C@@H](O[Si](C)(C)C(C)(C)C)[C@H](n6cnc7c(OCC=C)nc(NC(=O)OCC=C)nc76)O[C@@H]5COP(=O)(OCC=C)O[C@H]4[C@H]3O[Si](C)(C)C(C)(C)C)c2n1. The van der Waals surface area contributed by atoms with E-state index in [2.05, 4.69) is 80.0 Å². The van der Waals surface area contributed by atoms with Gasteiger partial charge in [0.2, 0.25) is 23.7 Å². The van der Waals surface area contributed by atoms with Gasteiger partial charge in [0.15, 0.2) is 51.4 Å². The van der Waals surface area contributed by atoms with Crippen molar-refractivity contribution in [3.05, 3.63) is 88.6 Å². The van der Waals surface area contributed by atoms with Gasteiger partial charge in [-0.3, -0.25) is 46.9 Å². The maximum Gasteiger partial charge on any atom is 0.475 e. The van der Waals surface area contributed by atoms with Gasteiger partial charge in [-0.25, -0.2) is 28.7 Å². The largest absolute Gasteiger partial charge is 0.475 e. The van der Waals surface area contributed by atoms with Crippen LogP contribution in [0.15, 0.2) is 88.6 Å². The molecule has 0 saturated carbocycles. The van der Waals surface area contributed by atoms with Crippen LogP contribution in [0.4, 0.5) is 21.5 Å². The van der Waals surface area contributed by atoms with Crippen molar-refractivity contribution in [2.24, 2.45) is 0 Å². The number of imidazole rings is 2. The lowest BCUT2D eigenvalue weighted by Crippen LogP contribution is -2.50. The lowest BCUT2D eigenvalue weighted by Gasteiger charge is -2.41. The molecule has 4 aromatic heterocycles. The van der Waals surface area contributed by atoms with Crippen LogP contribution in [-0.4, -0.2) is 157 Å². The second-order valence-electron chi connectivity index (χ2n) is 22.2. The van der Waals surface area contributed by atoms with Crippen molar-refractivity contribution < 1.29 is 83.1 Å². The molecule has 3 fully saturated rings. The second kappa shape index (κ2) is 27.3. The predicted octanol–water partition coefficient (Wildman–Crippen LogP) is 10.3. The Morgan fingerprint density at radius 3 is 1.29 bits per heavy atom. The summed E-state index contributed by atoms with van der Waals surface area (Å²) in [5.74, 6) is -0.546. The second-order valence-corrected chi connectivity index (χ2v) is 34.9. The fraction of sp³-hybridized carbons (Fsp3) is 0.538. The molecule has 0 aromatic carbocycles. The molecule has 2 unspecified atom stereocenters. The summed E-state index contributed by atoms with van der Waals surface area (Å²) in [4.78, 5) is 53.0. The van der Waals surface area contributed by atoms with E-state index in [9.17, 15) is 9.59 Å². The molecule has 0 bridgehead atoms. The number of nitrogens with zero attached hydrogens (tertiary/aromatic N) is 8. The summed E-state index contributed by atoms with van der Waals surface area (Å²) in [6, 6.07) is 0. The number of hydrogen-bond donors (Lipinski definition) is 2. The van der Waals surface area contributed by atoms with Gasteiger partial charge in [-0.2, -0.15) is 19.9 Å². The Labute approximate surface area is 489 Å². The minimum absolute atomic E-state index is 0.00470. The minimum Gasteiger partial charge on any atom is -0.472 e. The first-order valence-electron chi connectivity index (χ1n) is 26.7. The van der Waals surface area contributed by atoms with Gasteiger partial charge >= 0.3 is 27.8 Å². The van der Waals surface area contributed by atoms with Gasteiger partial charge in [0.05, 0.1) is 39.1 Å². The van der Waals surface area contributed by atoms with Crippen LogP contribution in [-0.2, 0) is 64.1 Å². The number of carbonyl (C=O) groups is 2. The highest BCUT2D eigenvalue weighted by atomic mass is 31.2. The zero-order valence-corrected chi connectivity index (χ0v) is 52.7. The first-order chi connectivity index (χ1) is 39.6. The van der Waals surface area contributed by atoms with Crippen molar-refractivity contribution in [3.8, 4) is 11.8 Å². The van der Waals surface area contributed by atoms with Gasteiger partial charge in [-0.15, -0.1) is 13.2 Å². The highest BCUT2D eigenvalue weighted by Crippen LogP contribution is 2.59. The molecule has 460 valence electrons. The van der Waals surface area contributed by atoms with Crippen molar-refractivity contribution in [2.75, 3.05) is 63.5 Å². The van der Waals surface area contributed by atoms with Crippen LogP contribution in [0.2, 0.25) is 36.3 Å². The number of anilines is 2. The Morgan fingerprint density at radius 1 is 0.595 bits per heavy atom. The Bertz CT molecular complexity index is 2960. The summed E-state index contributed by atoms with van der Waals surface area (Å²) in [6.07, 6.45) is -1.22. The van der Waals surface area contributed by atoms with Crippen LogP contribution in [0.5, 0.6) is 11.8 Å². The standard InChI is InChI=1S/C52H76N10O18P2Si2/c1-17-23-67-43-35-41(55-47(57-43)59-49(63)69-25-19-3)61(31-53-35)45-39(79-83(13,14)51(7,8)9)37-33(75-45)29-73-82(66,72-28-22-6)78-38-34(30-74-81(65,77-37)71-27-21-5)76-46(40(38)80-84(15,16)52(10,11)12)62-32-54-36-42(62)56-48(58-44(36)68-24-18-2)60-50(64)70-26-20-4/h17-22,31-34,37-40,45-46H,1-6,23-30H2,7-16H3,(H,55,57,59,63)(H,56,58,60,64)/t33-,34-,37-,38-,39-,40-,45-,46-,81?,82?/m1/s1. The van der Waals surface area contributed by atoms with Gasteiger partial charge in [0, 0.05) is 0 Å². The molecule has 84 heavy (non-hydrogen) atoms. The van der Waals surface area contributed by atoms with E-state index in [4.69, 9.17) is 64.4 Å². The maximum absolute atomic E-state index is 15.7. The Balaban J connectivity index is 1.38. The molecule has 2 N–H and O–H groups in total. The molecule has 32 heteroatoms. The molecule has 7 rings (SSSR count). The number of carbonyl (C=O) groups excluding carboxylic acids is 2. The number of rotatable bonds is 24. The van der Waals surface area contributed by atoms with Crippen LogP contribution in [0.3, 0.4) is 0 Å².